The van der Waals surface area contributed by atoms with Gasteiger partial charge in [0, 0.05) is 32.2 Å². The fraction of sp³-hybridized carbons (Fsp3) is 0.308. The number of aromatic nitrogens is 5. The van der Waals surface area contributed by atoms with Gasteiger partial charge in [0.1, 0.15) is 17.6 Å². The van der Waals surface area contributed by atoms with Crippen molar-refractivity contribution in [3.63, 3.8) is 0 Å². The Morgan fingerprint density at radius 1 is 1.35 bits per heavy atom. The molecule has 0 amide bonds. The molecule has 3 rings (SSSR count). The van der Waals surface area contributed by atoms with Crippen LogP contribution in [0, 0.1) is 0 Å². The van der Waals surface area contributed by atoms with Crippen molar-refractivity contribution in [1.29, 1.82) is 0 Å². The van der Waals surface area contributed by atoms with Crippen molar-refractivity contribution in [2.75, 3.05) is 6.54 Å². The summed E-state index contributed by atoms with van der Waals surface area (Å²) in [6.45, 7) is 1.48. The Labute approximate surface area is 116 Å². The van der Waals surface area contributed by atoms with Crippen LogP contribution < -0.4 is 5.32 Å². The minimum Gasteiger partial charge on any atom is -0.467 e. The molecule has 3 heterocycles. The van der Waals surface area contributed by atoms with Crippen LogP contribution in [0.5, 0.6) is 0 Å². The lowest BCUT2D eigenvalue weighted by Crippen LogP contribution is -2.28. The molecule has 1 atom stereocenters. The average molecular weight is 272 g/mol. The Balaban J connectivity index is 1.72. The molecule has 0 aliphatic rings. The number of rotatable bonds is 6. The van der Waals surface area contributed by atoms with Crippen LogP contribution in [-0.4, -0.2) is 31.1 Å². The number of nitrogens with zero attached hydrogens (tertiary/aromatic N) is 5. The summed E-state index contributed by atoms with van der Waals surface area (Å²) in [6.07, 6.45) is 8.88. The standard InChI is InChI=1S/C13H16N6O/c1-18-7-4-15-13(18)12(11-3-2-10-20-11)14-5-8-19-9-6-16-17-19/h2-4,6-7,9-10,12,14H,5,8H2,1H3. The lowest BCUT2D eigenvalue weighted by Gasteiger charge is -2.16. The summed E-state index contributed by atoms with van der Waals surface area (Å²) < 4.78 is 9.28. The normalized spacial score (nSPS) is 12.7. The molecule has 0 saturated heterocycles. The molecule has 7 heteroatoms. The molecule has 7 nitrogen and oxygen atoms in total. The average Bonchev–Trinajstić information content (AvgIpc) is 3.18. The van der Waals surface area contributed by atoms with Crippen molar-refractivity contribution in [2.24, 2.45) is 7.05 Å². The van der Waals surface area contributed by atoms with Gasteiger partial charge >= 0.3 is 0 Å². The Bertz CT molecular complexity index is 628. The molecule has 0 radical (unpaired) electrons. The lowest BCUT2D eigenvalue weighted by atomic mass is 10.2. The molecule has 104 valence electrons. The van der Waals surface area contributed by atoms with Crippen molar-refractivity contribution in [3.8, 4) is 0 Å². The van der Waals surface area contributed by atoms with E-state index < -0.39 is 0 Å². The third-order valence-electron chi connectivity index (χ3n) is 3.11. The quantitative estimate of drug-likeness (QED) is 0.724. The Morgan fingerprint density at radius 2 is 2.30 bits per heavy atom. The zero-order valence-corrected chi connectivity index (χ0v) is 11.2. The second kappa shape index (κ2) is 5.70. The van der Waals surface area contributed by atoms with E-state index in [1.54, 1.807) is 23.3 Å². The first kappa shape index (κ1) is 12.6. The minimum absolute atomic E-state index is 0.0754. The third kappa shape index (κ3) is 2.62. The summed E-state index contributed by atoms with van der Waals surface area (Å²) in [7, 11) is 1.97. The smallest absolute Gasteiger partial charge is 0.133 e. The van der Waals surface area contributed by atoms with Gasteiger partial charge in [-0.05, 0) is 12.1 Å². The zero-order chi connectivity index (χ0) is 13.8. The zero-order valence-electron chi connectivity index (χ0n) is 11.2. The Morgan fingerprint density at radius 3 is 2.95 bits per heavy atom. The van der Waals surface area contributed by atoms with Gasteiger partial charge < -0.3 is 8.98 Å². The van der Waals surface area contributed by atoms with Crippen LogP contribution in [0.2, 0.25) is 0 Å². The van der Waals surface area contributed by atoms with Gasteiger partial charge in [0.15, 0.2) is 0 Å². The fourth-order valence-corrected chi connectivity index (χ4v) is 2.11. The molecular weight excluding hydrogens is 256 g/mol. The molecule has 0 spiro atoms. The molecule has 0 fully saturated rings. The highest BCUT2D eigenvalue weighted by Gasteiger charge is 2.20. The largest absolute Gasteiger partial charge is 0.467 e. The SMILES string of the molecule is Cn1ccnc1C(NCCn1ccnn1)c1ccco1. The molecule has 3 aromatic heterocycles. The minimum atomic E-state index is -0.0754. The predicted octanol–water partition coefficient (Wildman–Crippen LogP) is 0.984. The predicted molar refractivity (Wildman–Crippen MR) is 71.8 cm³/mol. The van der Waals surface area contributed by atoms with Crippen LogP contribution >= 0.6 is 0 Å². The molecule has 1 unspecified atom stereocenters. The van der Waals surface area contributed by atoms with E-state index in [-0.39, 0.29) is 6.04 Å². The van der Waals surface area contributed by atoms with Crippen LogP contribution in [0.4, 0.5) is 0 Å². The number of furan rings is 1. The second-order valence-corrected chi connectivity index (χ2v) is 4.47. The van der Waals surface area contributed by atoms with Crippen LogP contribution in [0.25, 0.3) is 0 Å². The van der Waals surface area contributed by atoms with Gasteiger partial charge in [-0.2, -0.15) is 0 Å². The maximum atomic E-state index is 5.51. The van der Waals surface area contributed by atoms with E-state index in [2.05, 4.69) is 20.6 Å². The Hall–Kier alpha value is -2.41. The molecule has 0 saturated carbocycles. The molecule has 0 bridgehead atoms. The van der Waals surface area contributed by atoms with Gasteiger partial charge in [-0.15, -0.1) is 5.10 Å². The van der Waals surface area contributed by atoms with E-state index in [1.165, 1.54) is 0 Å². The van der Waals surface area contributed by atoms with Gasteiger partial charge in [-0.3, -0.25) is 10.00 Å². The summed E-state index contributed by atoms with van der Waals surface area (Å²) in [4.78, 5) is 4.39. The van der Waals surface area contributed by atoms with Crippen molar-refractivity contribution in [3.05, 3.63) is 54.8 Å². The molecule has 20 heavy (non-hydrogen) atoms. The van der Waals surface area contributed by atoms with Crippen LogP contribution in [0.1, 0.15) is 17.6 Å². The number of hydrogen-bond acceptors (Lipinski definition) is 5. The third-order valence-corrected chi connectivity index (χ3v) is 3.11. The van der Waals surface area contributed by atoms with Crippen molar-refractivity contribution in [2.45, 2.75) is 12.6 Å². The van der Waals surface area contributed by atoms with Gasteiger partial charge in [-0.1, -0.05) is 5.21 Å². The first-order chi connectivity index (χ1) is 9.84. The topological polar surface area (TPSA) is 73.7 Å². The highest BCUT2D eigenvalue weighted by atomic mass is 16.3. The van der Waals surface area contributed by atoms with Crippen LogP contribution in [0.3, 0.4) is 0 Å². The number of imidazole rings is 1. The van der Waals surface area contributed by atoms with Gasteiger partial charge in [0.25, 0.3) is 0 Å². The molecule has 0 aliphatic heterocycles. The van der Waals surface area contributed by atoms with Gasteiger partial charge in [0.05, 0.1) is 19.0 Å². The van der Waals surface area contributed by atoms with E-state index in [0.29, 0.717) is 0 Å². The molecule has 1 N–H and O–H groups in total. The first-order valence-corrected chi connectivity index (χ1v) is 6.42. The molecule has 3 aromatic rings. The van der Waals surface area contributed by atoms with E-state index in [4.69, 9.17) is 4.42 Å². The maximum Gasteiger partial charge on any atom is 0.133 e. The first-order valence-electron chi connectivity index (χ1n) is 6.42. The summed E-state index contributed by atoms with van der Waals surface area (Å²) in [5, 5.41) is 11.2. The summed E-state index contributed by atoms with van der Waals surface area (Å²) in [5.74, 6) is 1.76. The summed E-state index contributed by atoms with van der Waals surface area (Å²) >= 11 is 0. The highest BCUT2D eigenvalue weighted by molar-refractivity contribution is 5.15. The lowest BCUT2D eigenvalue weighted by molar-refractivity contribution is 0.417. The van der Waals surface area contributed by atoms with Crippen molar-refractivity contribution in [1.82, 2.24) is 29.9 Å². The summed E-state index contributed by atoms with van der Waals surface area (Å²) in [5.41, 5.74) is 0. The number of nitrogens with one attached hydrogen (secondary N) is 1. The van der Waals surface area contributed by atoms with E-state index in [9.17, 15) is 0 Å². The van der Waals surface area contributed by atoms with Crippen LogP contribution in [0.15, 0.2) is 47.6 Å². The number of hydrogen-bond donors (Lipinski definition) is 1. The molecule has 0 aromatic carbocycles. The van der Waals surface area contributed by atoms with Gasteiger partial charge in [-0.25, -0.2) is 4.98 Å². The van der Waals surface area contributed by atoms with Crippen molar-refractivity contribution >= 4 is 0 Å². The monoisotopic (exact) mass is 272 g/mol. The summed E-state index contributed by atoms with van der Waals surface area (Å²) in [6, 6.07) is 3.75. The number of aryl methyl sites for hydroxylation is 1. The van der Waals surface area contributed by atoms with E-state index >= 15 is 0 Å². The molecular formula is C13H16N6O. The van der Waals surface area contributed by atoms with Crippen LogP contribution in [-0.2, 0) is 13.6 Å². The van der Waals surface area contributed by atoms with E-state index in [0.717, 1.165) is 24.7 Å². The second-order valence-electron chi connectivity index (χ2n) is 4.47. The highest BCUT2D eigenvalue weighted by Crippen LogP contribution is 2.20. The molecule has 0 aliphatic carbocycles. The fourth-order valence-electron chi connectivity index (χ4n) is 2.11. The van der Waals surface area contributed by atoms with Crippen molar-refractivity contribution < 1.29 is 4.42 Å². The van der Waals surface area contributed by atoms with E-state index in [1.807, 2.05) is 36.1 Å². The Kier molecular flexibility index (Phi) is 3.60. The van der Waals surface area contributed by atoms with Gasteiger partial charge in [0.2, 0.25) is 0 Å². The maximum absolute atomic E-state index is 5.51.